The summed E-state index contributed by atoms with van der Waals surface area (Å²) in [5, 5.41) is 4.18. The van der Waals surface area contributed by atoms with Gasteiger partial charge in [0.05, 0.1) is 23.4 Å². The van der Waals surface area contributed by atoms with Gasteiger partial charge >= 0.3 is 5.97 Å². The summed E-state index contributed by atoms with van der Waals surface area (Å²) in [7, 11) is -3.12. The van der Waals surface area contributed by atoms with Crippen molar-refractivity contribution in [2.45, 2.75) is 39.2 Å². The molecule has 1 unspecified atom stereocenters. The number of hydrogen-bond acceptors (Lipinski definition) is 7. The maximum Gasteiger partial charge on any atom is 0.342 e. The van der Waals surface area contributed by atoms with Gasteiger partial charge in [-0.2, -0.15) is 5.10 Å². The fraction of sp³-hybridized carbons (Fsp3) is 0.500. The van der Waals surface area contributed by atoms with Gasteiger partial charge in [-0.15, -0.1) is 0 Å². The van der Waals surface area contributed by atoms with E-state index in [9.17, 15) is 18.0 Å². The quantitative estimate of drug-likeness (QED) is 0.580. The fourth-order valence-electron chi connectivity index (χ4n) is 3.47. The van der Waals surface area contributed by atoms with Gasteiger partial charge in [-0.25, -0.2) is 22.9 Å². The minimum Gasteiger partial charge on any atom is -0.452 e. The molecule has 0 bridgehead atoms. The average molecular weight is 435 g/mol. The van der Waals surface area contributed by atoms with E-state index in [-0.39, 0.29) is 29.0 Å². The van der Waals surface area contributed by atoms with Crippen molar-refractivity contribution in [3.05, 3.63) is 41.9 Å². The average Bonchev–Trinajstić information content (AvgIpc) is 3.29. The lowest BCUT2D eigenvalue weighted by atomic mass is 10.2. The highest BCUT2D eigenvalue weighted by molar-refractivity contribution is 7.91. The first-order chi connectivity index (χ1) is 14.3. The third kappa shape index (κ3) is 5.05. The summed E-state index contributed by atoms with van der Waals surface area (Å²) in [6.07, 6.45) is 5.05. The molecule has 1 saturated heterocycles. The van der Waals surface area contributed by atoms with Crippen molar-refractivity contribution < 1.29 is 22.7 Å². The van der Waals surface area contributed by atoms with Gasteiger partial charge in [0, 0.05) is 18.8 Å². The molecule has 1 amide bonds. The molecule has 2 aromatic heterocycles. The van der Waals surface area contributed by atoms with Crippen LogP contribution in [0.4, 0.5) is 0 Å². The van der Waals surface area contributed by atoms with Crippen LogP contribution in [0.3, 0.4) is 0 Å². The molecule has 30 heavy (non-hydrogen) atoms. The number of carbonyl (C=O) groups is 2. The molecule has 0 spiro atoms. The molecule has 0 N–H and O–H groups in total. The van der Waals surface area contributed by atoms with Gasteiger partial charge < -0.3 is 9.64 Å². The lowest BCUT2D eigenvalue weighted by molar-refractivity contribution is -0.136. The zero-order valence-electron chi connectivity index (χ0n) is 17.2. The molecule has 9 nitrogen and oxygen atoms in total. The van der Waals surface area contributed by atoms with E-state index >= 15 is 0 Å². The Morgan fingerprint density at radius 1 is 1.33 bits per heavy atom. The predicted octanol–water partition coefficient (Wildman–Crippen LogP) is 1.55. The molecular formula is C20H26N4O5S. The number of ether oxygens (including phenoxy) is 1. The van der Waals surface area contributed by atoms with E-state index in [4.69, 9.17) is 4.74 Å². The van der Waals surface area contributed by atoms with Crippen molar-refractivity contribution >= 4 is 21.7 Å². The fourth-order valence-corrected chi connectivity index (χ4v) is 5.20. The van der Waals surface area contributed by atoms with Crippen LogP contribution in [0.25, 0.3) is 5.82 Å². The Labute approximate surface area is 176 Å². The Bertz CT molecular complexity index is 1000. The first-order valence-corrected chi connectivity index (χ1v) is 11.8. The molecule has 0 aromatic carbocycles. The molecule has 1 aliphatic rings. The summed E-state index contributed by atoms with van der Waals surface area (Å²) in [4.78, 5) is 31.0. The van der Waals surface area contributed by atoms with Crippen molar-refractivity contribution in [2.24, 2.45) is 0 Å². The summed E-state index contributed by atoms with van der Waals surface area (Å²) < 4.78 is 30.4. The maximum absolute atomic E-state index is 12.7. The van der Waals surface area contributed by atoms with Gasteiger partial charge in [-0.05, 0) is 31.9 Å². The van der Waals surface area contributed by atoms with Crippen LogP contribution in [0, 0.1) is 6.92 Å². The smallest absolute Gasteiger partial charge is 0.342 e. The zero-order valence-corrected chi connectivity index (χ0v) is 18.0. The normalized spacial score (nSPS) is 17.6. The van der Waals surface area contributed by atoms with Crippen molar-refractivity contribution in [1.29, 1.82) is 0 Å². The van der Waals surface area contributed by atoms with Crippen LogP contribution in [0.1, 0.15) is 42.2 Å². The summed E-state index contributed by atoms with van der Waals surface area (Å²) in [6.45, 7) is 3.73. The van der Waals surface area contributed by atoms with E-state index in [1.807, 2.05) is 13.0 Å². The minimum atomic E-state index is -3.12. The van der Waals surface area contributed by atoms with E-state index in [1.165, 1.54) is 10.9 Å². The van der Waals surface area contributed by atoms with Crippen LogP contribution >= 0.6 is 0 Å². The van der Waals surface area contributed by atoms with Crippen molar-refractivity contribution in [1.82, 2.24) is 19.7 Å². The molecule has 3 heterocycles. The summed E-state index contributed by atoms with van der Waals surface area (Å²) in [5.41, 5.74) is 0.799. The van der Waals surface area contributed by atoms with E-state index in [0.717, 1.165) is 12.8 Å². The molecular weight excluding hydrogens is 408 g/mol. The molecule has 10 heteroatoms. The van der Waals surface area contributed by atoms with Crippen molar-refractivity contribution in [2.75, 3.05) is 24.7 Å². The molecule has 1 fully saturated rings. The topological polar surface area (TPSA) is 111 Å². The monoisotopic (exact) mass is 434 g/mol. The number of hydrogen-bond donors (Lipinski definition) is 0. The van der Waals surface area contributed by atoms with E-state index in [1.54, 1.807) is 30.2 Å². The van der Waals surface area contributed by atoms with Crippen LogP contribution in [0.2, 0.25) is 0 Å². The van der Waals surface area contributed by atoms with Crippen LogP contribution < -0.4 is 0 Å². The Morgan fingerprint density at radius 2 is 2.13 bits per heavy atom. The predicted molar refractivity (Wildman–Crippen MR) is 110 cm³/mol. The number of unbranched alkanes of at least 4 members (excludes halogenated alkanes) is 1. The highest BCUT2D eigenvalue weighted by Crippen LogP contribution is 2.19. The van der Waals surface area contributed by atoms with Crippen molar-refractivity contribution in [3.8, 4) is 5.82 Å². The second-order valence-electron chi connectivity index (χ2n) is 7.32. The molecule has 0 radical (unpaired) electrons. The van der Waals surface area contributed by atoms with E-state index in [0.29, 0.717) is 24.5 Å². The summed E-state index contributed by atoms with van der Waals surface area (Å²) in [5.74, 6) is -0.421. The van der Waals surface area contributed by atoms with Gasteiger partial charge in [0.15, 0.2) is 22.3 Å². The Kier molecular flexibility index (Phi) is 6.86. The van der Waals surface area contributed by atoms with Crippen LogP contribution in [-0.4, -0.2) is 70.7 Å². The van der Waals surface area contributed by atoms with Gasteiger partial charge in [0.1, 0.15) is 5.56 Å². The highest BCUT2D eigenvalue weighted by Gasteiger charge is 2.34. The van der Waals surface area contributed by atoms with Crippen molar-refractivity contribution in [3.63, 3.8) is 0 Å². The first kappa shape index (κ1) is 21.9. The number of esters is 1. The number of sulfone groups is 1. The Balaban J connectivity index is 1.65. The number of aromatic nitrogens is 3. The Hall–Kier alpha value is -2.75. The first-order valence-electron chi connectivity index (χ1n) is 9.95. The van der Waals surface area contributed by atoms with Gasteiger partial charge in [-0.1, -0.05) is 19.4 Å². The molecule has 162 valence electrons. The van der Waals surface area contributed by atoms with Crippen LogP contribution in [-0.2, 0) is 19.4 Å². The SMILES string of the molecule is CCCCN(C(=O)COC(=O)c1cnn(-c2ccccn2)c1C)C1CCS(=O)(=O)C1. The van der Waals surface area contributed by atoms with E-state index in [2.05, 4.69) is 10.1 Å². The number of carbonyl (C=O) groups excluding carboxylic acids is 2. The summed E-state index contributed by atoms with van der Waals surface area (Å²) >= 11 is 0. The standard InChI is InChI=1S/C20H26N4O5S/c1-3-4-10-23(16-8-11-30(27,28)14-16)19(25)13-29-20(26)17-12-22-24(15(17)2)18-7-5-6-9-21-18/h5-7,9,12,16H,3-4,8,10-11,13-14H2,1-2H3. The molecule has 1 atom stereocenters. The Morgan fingerprint density at radius 3 is 2.77 bits per heavy atom. The number of rotatable bonds is 8. The number of nitrogens with zero attached hydrogens (tertiary/aromatic N) is 4. The van der Waals surface area contributed by atoms with E-state index < -0.39 is 22.4 Å². The van der Waals surface area contributed by atoms with Gasteiger partial charge in [0.2, 0.25) is 0 Å². The third-order valence-electron chi connectivity index (χ3n) is 5.14. The minimum absolute atomic E-state index is 0.0354. The lowest BCUT2D eigenvalue weighted by Gasteiger charge is -2.28. The number of pyridine rings is 1. The van der Waals surface area contributed by atoms with Crippen LogP contribution in [0.15, 0.2) is 30.6 Å². The molecule has 2 aromatic rings. The highest BCUT2D eigenvalue weighted by atomic mass is 32.2. The summed E-state index contributed by atoms with van der Waals surface area (Å²) in [6, 6.07) is 5.00. The second-order valence-corrected chi connectivity index (χ2v) is 9.55. The number of amides is 1. The lowest BCUT2D eigenvalue weighted by Crippen LogP contribution is -2.43. The second kappa shape index (κ2) is 9.38. The third-order valence-corrected chi connectivity index (χ3v) is 6.90. The van der Waals surface area contributed by atoms with Crippen LogP contribution in [0.5, 0.6) is 0 Å². The van der Waals surface area contributed by atoms with Gasteiger partial charge in [-0.3, -0.25) is 4.79 Å². The maximum atomic E-state index is 12.7. The zero-order chi connectivity index (χ0) is 21.7. The molecule has 0 aliphatic carbocycles. The molecule has 0 saturated carbocycles. The van der Waals surface area contributed by atoms with Gasteiger partial charge in [0.25, 0.3) is 5.91 Å². The molecule has 3 rings (SSSR count). The molecule has 1 aliphatic heterocycles. The largest absolute Gasteiger partial charge is 0.452 e.